The fraction of sp³-hybridized carbons (Fsp3) is 0.889. The van der Waals surface area contributed by atoms with E-state index in [1.54, 1.807) is 6.92 Å². The molecule has 1 fully saturated rings. The summed E-state index contributed by atoms with van der Waals surface area (Å²) in [5.41, 5.74) is 0. The first kappa shape index (κ1) is 12.4. The van der Waals surface area contributed by atoms with Crippen molar-refractivity contribution in [2.75, 3.05) is 13.7 Å². The van der Waals surface area contributed by atoms with Crippen molar-refractivity contribution in [3.8, 4) is 0 Å². The predicted molar refractivity (Wildman–Crippen MR) is 51.9 cm³/mol. The Hall–Kier alpha value is -0.690. The molecule has 1 saturated heterocycles. The van der Waals surface area contributed by atoms with Crippen molar-refractivity contribution in [3.63, 3.8) is 0 Å². The van der Waals surface area contributed by atoms with Crippen LogP contribution in [0.4, 0.5) is 0 Å². The summed E-state index contributed by atoms with van der Waals surface area (Å²) in [7, 11) is 1.50. The number of nitrogens with one attached hydrogen (secondary N) is 1. The molecule has 0 bridgehead atoms. The van der Waals surface area contributed by atoms with E-state index in [9.17, 15) is 10.2 Å². The van der Waals surface area contributed by atoms with Crippen LogP contribution in [0.1, 0.15) is 6.92 Å². The Balaban J connectivity index is 2.69. The topological polar surface area (TPSA) is 92.0 Å². The van der Waals surface area contributed by atoms with Gasteiger partial charge < -0.3 is 24.4 Å². The number of hydrogen-bond donors (Lipinski definition) is 3. The zero-order valence-electron chi connectivity index (χ0n) is 8.79. The molecule has 1 aliphatic rings. The largest absolute Gasteiger partial charge is 0.475 e. The van der Waals surface area contributed by atoms with Crippen molar-refractivity contribution in [2.45, 2.75) is 37.4 Å². The Kier molecular flexibility index (Phi) is 4.46. The van der Waals surface area contributed by atoms with Crippen LogP contribution in [0, 0.1) is 5.41 Å². The van der Waals surface area contributed by atoms with Gasteiger partial charge in [0.2, 0.25) is 0 Å². The van der Waals surface area contributed by atoms with Gasteiger partial charge in [0.15, 0.2) is 12.5 Å². The molecule has 1 aliphatic heterocycles. The standard InChI is InChI=1S/C9H17NO5/c1-5-7(11)9(14-4-10)8(12)6(15-5)3-13-2/h4-12H,3H2,1-2H3. The molecule has 0 spiro atoms. The third kappa shape index (κ3) is 2.66. The second kappa shape index (κ2) is 5.41. The Labute approximate surface area is 88.3 Å². The normalized spacial score (nSPS) is 41.2. The molecule has 0 saturated carbocycles. The molecule has 0 amide bonds. The maximum absolute atomic E-state index is 9.79. The van der Waals surface area contributed by atoms with E-state index >= 15 is 0 Å². The highest BCUT2D eigenvalue weighted by Gasteiger charge is 2.43. The molecule has 6 nitrogen and oxygen atoms in total. The van der Waals surface area contributed by atoms with Gasteiger partial charge in [0.05, 0.1) is 12.7 Å². The Morgan fingerprint density at radius 1 is 1.40 bits per heavy atom. The van der Waals surface area contributed by atoms with E-state index in [2.05, 4.69) is 0 Å². The van der Waals surface area contributed by atoms with Gasteiger partial charge in [-0.05, 0) is 6.92 Å². The average Bonchev–Trinajstić information content (AvgIpc) is 2.21. The molecule has 0 aromatic rings. The molecule has 0 aliphatic carbocycles. The molecule has 6 heteroatoms. The molecule has 5 unspecified atom stereocenters. The molecule has 5 atom stereocenters. The minimum Gasteiger partial charge on any atom is -0.475 e. The second-order valence-corrected chi connectivity index (χ2v) is 3.53. The van der Waals surface area contributed by atoms with Gasteiger partial charge in [-0.3, -0.25) is 5.41 Å². The van der Waals surface area contributed by atoms with Gasteiger partial charge in [-0.2, -0.15) is 0 Å². The Bertz CT molecular complexity index is 213. The van der Waals surface area contributed by atoms with E-state index in [-0.39, 0.29) is 6.61 Å². The van der Waals surface area contributed by atoms with Crippen LogP contribution in [-0.4, -0.2) is 60.9 Å². The van der Waals surface area contributed by atoms with Crippen LogP contribution in [-0.2, 0) is 14.2 Å². The Morgan fingerprint density at radius 2 is 2.07 bits per heavy atom. The molecule has 88 valence electrons. The van der Waals surface area contributed by atoms with E-state index in [1.165, 1.54) is 7.11 Å². The zero-order valence-corrected chi connectivity index (χ0v) is 8.79. The third-order valence-corrected chi connectivity index (χ3v) is 2.48. The van der Waals surface area contributed by atoms with Gasteiger partial charge in [-0.1, -0.05) is 0 Å². The quantitative estimate of drug-likeness (QED) is 0.422. The zero-order chi connectivity index (χ0) is 11.4. The SMILES string of the molecule is COCC1OC(C)C(O)C(OC=N)C1O. The lowest BCUT2D eigenvalue weighted by atomic mass is 9.96. The van der Waals surface area contributed by atoms with Crippen LogP contribution in [0.15, 0.2) is 0 Å². The molecule has 3 N–H and O–H groups in total. The number of ether oxygens (including phenoxy) is 3. The van der Waals surface area contributed by atoms with Gasteiger partial charge >= 0.3 is 0 Å². The fourth-order valence-electron chi connectivity index (χ4n) is 1.66. The maximum atomic E-state index is 9.79. The van der Waals surface area contributed by atoms with Gasteiger partial charge in [0.1, 0.15) is 18.3 Å². The molecule has 0 aromatic carbocycles. The molecular weight excluding hydrogens is 202 g/mol. The number of aliphatic hydroxyl groups is 2. The first-order valence-corrected chi connectivity index (χ1v) is 4.76. The van der Waals surface area contributed by atoms with Gasteiger partial charge in [0, 0.05) is 7.11 Å². The van der Waals surface area contributed by atoms with Crippen molar-refractivity contribution in [2.24, 2.45) is 0 Å². The van der Waals surface area contributed by atoms with Crippen molar-refractivity contribution >= 4 is 6.40 Å². The highest BCUT2D eigenvalue weighted by Crippen LogP contribution is 2.23. The lowest BCUT2D eigenvalue weighted by Crippen LogP contribution is -2.58. The van der Waals surface area contributed by atoms with Crippen molar-refractivity contribution in [1.82, 2.24) is 0 Å². The van der Waals surface area contributed by atoms with Crippen molar-refractivity contribution in [1.29, 1.82) is 5.41 Å². The molecule has 1 rings (SSSR count). The minimum absolute atomic E-state index is 0.218. The highest BCUT2D eigenvalue weighted by atomic mass is 16.6. The van der Waals surface area contributed by atoms with E-state index in [4.69, 9.17) is 19.6 Å². The van der Waals surface area contributed by atoms with Crippen LogP contribution in [0.5, 0.6) is 0 Å². The van der Waals surface area contributed by atoms with E-state index in [0.717, 1.165) is 0 Å². The van der Waals surface area contributed by atoms with Crippen molar-refractivity contribution in [3.05, 3.63) is 0 Å². The first-order chi connectivity index (χ1) is 7.11. The summed E-state index contributed by atoms with van der Waals surface area (Å²) in [4.78, 5) is 0. The van der Waals surface area contributed by atoms with E-state index < -0.39 is 30.5 Å². The monoisotopic (exact) mass is 219 g/mol. The van der Waals surface area contributed by atoms with E-state index in [0.29, 0.717) is 6.40 Å². The lowest BCUT2D eigenvalue weighted by Gasteiger charge is -2.40. The van der Waals surface area contributed by atoms with Gasteiger partial charge in [-0.25, -0.2) is 0 Å². The van der Waals surface area contributed by atoms with Gasteiger partial charge in [0.25, 0.3) is 0 Å². The summed E-state index contributed by atoms with van der Waals surface area (Å²) >= 11 is 0. The summed E-state index contributed by atoms with van der Waals surface area (Å²) in [6, 6.07) is 0. The number of rotatable bonds is 4. The third-order valence-electron chi connectivity index (χ3n) is 2.48. The van der Waals surface area contributed by atoms with Crippen LogP contribution >= 0.6 is 0 Å². The van der Waals surface area contributed by atoms with Crippen LogP contribution in [0.2, 0.25) is 0 Å². The van der Waals surface area contributed by atoms with Crippen LogP contribution in [0.25, 0.3) is 0 Å². The van der Waals surface area contributed by atoms with Gasteiger partial charge in [-0.15, -0.1) is 0 Å². The summed E-state index contributed by atoms with van der Waals surface area (Å²) < 4.78 is 15.1. The minimum atomic E-state index is -1.00. The second-order valence-electron chi connectivity index (χ2n) is 3.53. The molecule has 1 heterocycles. The molecular formula is C9H17NO5. The van der Waals surface area contributed by atoms with Crippen LogP contribution < -0.4 is 0 Å². The Morgan fingerprint density at radius 3 is 2.60 bits per heavy atom. The lowest BCUT2D eigenvalue weighted by molar-refractivity contribution is -0.221. The first-order valence-electron chi connectivity index (χ1n) is 4.76. The summed E-state index contributed by atoms with van der Waals surface area (Å²) in [5, 5.41) is 26.3. The predicted octanol–water partition coefficient (Wildman–Crippen LogP) is -0.866. The van der Waals surface area contributed by atoms with Crippen molar-refractivity contribution < 1.29 is 24.4 Å². The number of methoxy groups -OCH3 is 1. The number of hydrogen-bond acceptors (Lipinski definition) is 6. The molecule has 0 radical (unpaired) electrons. The highest BCUT2D eigenvalue weighted by molar-refractivity contribution is 5.41. The van der Waals surface area contributed by atoms with E-state index in [1.807, 2.05) is 0 Å². The molecule has 0 aromatic heterocycles. The smallest absolute Gasteiger partial charge is 0.167 e. The average molecular weight is 219 g/mol. The number of aliphatic hydroxyl groups excluding tert-OH is 2. The summed E-state index contributed by atoms with van der Waals surface area (Å²) in [5.74, 6) is 0. The maximum Gasteiger partial charge on any atom is 0.167 e. The van der Waals surface area contributed by atoms with Crippen LogP contribution in [0.3, 0.4) is 0 Å². The summed E-state index contributed by atoms with van der Waals surface area (Å²) in [6.45, 7) is 1.90. The summed E-state index contributed by atoms with van der Waals surface area (Å²) in [6.07, 6.45) is -3.09. The molecule has 15 heavy (non-hydrogen) atoms. The fourth-order valence-corrected chi connectivity index (χ4v) is 1.66.